The highest BCUT2D eigenvalue weighted by atomic mass is 32.1. The van der Waals surface area contributed by atoms with Crippen molar-refractivity contribution in [2.75, 3.05) is 12.3 Å². The minimum atomic E-state index is 0.787. The number of hydrogen-bond donors (Lipinski definition) is 2. The first-order valence-electron chi connectivity index (χ1n) is 5.29. The molecule has 1 rings (SSSR count). The predicted octanol–water partition coefficient (Wildman–Crippen LogP) is 2.64. The Morgan fingerprint density at radius 1 is 1.47 bits per heavy atom. The summed E-state index contributed by atoms with van der Waals surface area (Å²) in [5.41, 5.74) is 8.72. The van der Waals surface area contributed by atoms with Gasteiger partial charge in [0.15, 0.2) is 0 Å². The van der Waals surface area contributed by atoms with Crippen LogP contribution in [-0.2, 0) is 0 Å². The van der Waals surface area contributed by atoms with E-state index in [0.717, 1.165) is 34.8 Å². The molecule has 3 N–H and O–H groups in total. The first kappa shape index (κ1) is 12.0. The molecule has 82 valence electrons. The zero-order chi connectivity index (χ0) is 11.3. The van der Waals surface area contributed by atoms with Gasteiger partial charge in [-0.1, -0.05) is 37.7 Å². The van der Waals surface area contributed by atoms with Gasteiger partial charge >= 0.3 is 0 Å². The first-order valence-corrected chi connectivity index (χ1v) is 5.70. The quantitative estimate of drug-likeness (QED) is 0.467. The maximum atomic E-state index is 5.83. The van der Waals surface area contributed by atoms with Crippen molar-refractivity contribution < 1.29 is 0 Å². The molecule has 0 unspecified atom stereocenters. The molecule has 0 atom stereocenters. The van der Waals surface area contributed by atoms with Crippen molar-refractivity contribution >= 4 is 22.9 Å². The SMILES string of the molecule is CCCCNC(=S)c1ccc(C)c(N)c1. The van der Waals surface area contributed by atoms with Crippen LogP contribution in [0.2, 0.25) is 0 Å². The van der Waals surface area contributed by atoms with Crippen molar-refractivity contribution in [1.29, 1.82) is 0 Å². The number of benzene rings is 1. The number of anilines is 1. The van der Waals surface area contributed by atoms with Gasteiger partial charge < -0.3 is 11.1 Å². The molecular formula is C12H18N2S. The molecule has 0 saturated heterocycles. The van der Waals surface area contributed by atoms with E-state index in [1.54, 1.807) is 0 Å². The van der Waals surface area contributed by atoms with Gasteiger partial charge in [-0.25, -0.2) is 0 Å². The van der Waals surface area contributed by atoms with Crippen molar-refractivity contribution in [2.45, 2.75) is 26.7 Å². The van der Waals surface area contributed by atoms with Crippen molar-refractivity contribution in [1.82, 2.24) is 5.32 Å². The summed E-state index contributed by atoms with van der Waals surface area (Å²) in [4.78, 5) is 0.787. The van der Waals surface area contributed by atoms with Crippen LogP contribution in [0.3, 0.4) is 0 Å². The third kappa shape index (κ3) is 3.51. The van der Waals surface area contributed by atoms with Gasteiger partial charge in [-0.05, 0) is 25.0 Å². The Bertz CT molecular complexity index is 347. The number of nitrogens with two attached hydrogens (primary N) is 1. The number of rotatable bonds is 4. The summed E-state index contributed by atoms with van der Waals surface area (Å²) >= 11 is 5.27. The summed E-state index contributed by atoms with van der Waals surface area (Å²) in [6.07, 6.45) is 2.31. The van der Waals surface area contributed by atoms with E-state index in [9.17, 15) is 0 Å². The third-order valence-corrected chi connectivity index (χ3v) is 2.74. The van der Waals surface area contributed by atoms with Crippen molar-refractivity contribution in [3.05, 3.63) is 29.3 Å². The number of nitrogens with one attached hydrogen (secondary N) is 1. The van der Waals surface area contributed by atoms with E-state index in [0.29, 0.717) is 0 Å². The standard InChI is InChI=1S/C12H18N2S/c1-3-4-7-14-12(15)10-6-5-9(2)11(13)8-10/h5-6,8H,3-4,7,13H2,1-2H3,(H,14,15). The maximum absolute atomic E-state index is 5.83. The Labute approximate surface area is 96.9 Å². The Kier molecular flexibility index (Phi) is 4.56. The molecule has 0 amide bonds. The topological polar surface area (TPSA) is 38.0 Å². The zero-order valence-electron chi connectivity index (χ0n) is 9.34. The van der Waals surface area contributed by atoms with Gasteiger partial charge in [0.2, 0.25) is 0 Å². The summed E-state index contributed by atoms with van der Waals surface area (Å²) in [6.45, 7) is 5.09. The molecule has 0 heterocycles. The van der Waals surface area contributed by atoms with E-state index in [2.05, 4.69) is 12.2 Å². The molecule has 0 aliphatic carbocycles. The molecule has 0 fully saturated rings. The lowest BCUT2D eigenvalue weighted by Gasteiger charge is -2.09. The summed E-state index contributed by atoms with van der Waals surface area (Å²) in [5, 5.41) is 3.22. The van der Waals surface area contributed by atoms with Crippen LogP contribution < -0.4 is 11.1 Å². The molecule has 0 bridgehead atoms. The minimum absolute atomic E-state index is 0.787. The van der Waals surface area contributed by atoms with Gasteiger partial charge in [0.1, 0.15) is 4.99 Å². The van der Waals surface area contributed by atoms with Crippen LogP contribution in [0.5, 0.6) is 0 Å². The second kappa shape index (κ2) is 5.71. The van der Waals surface area contributed by atoms with E-state index in [1.807, 2.05) is 25.1 Å². The highest BCUT2D eigenvalue weighted by Crippen LogP contribution is 2.13. The Morgan fingerprint density at radius 3 is 2.80 bits per heavy atom. The molecule has 0 aliphatic heterocycles. The van der Waals surface area contributed by atoms with Crippen LogP contribution in [0, 0.1) is 6.92 Å². The van der Waals surface area contributed by atoms with E-state index in [1.165, 1.54) is 6.42 Å². The van der Waals surface area contributed by atoms with Gasteiger partial charge in [-0.2, -0.15) is 0 Å². The van der Waals surface area contributed by atoms with Crippen LogP contribution >= 0.6 is 12.2 Å². The van der Waals surface area contributed by atoms with Gasteiger partial charge in [0.05, 0.1) is 0 Å². The third-order valence-electron chi connectivity index (χ3n) is 2.36. The fraction of sp³-hybridized carbons (Fsp3) is 0.417. The number of aryl methyl sites for hydroxylation is 1. The summed E-state index contributed by atoms with van der Waals surface area (Å²) in [6, 6.07) is 5.93. The van der Waals surface area contributed by atoms with Crippen LogP contribution in [0.15, 0.2) is 18.2 Å². The van der Waals surface area contributed by atoms with Crippen LogP contribution in [0.25, 0.3) is 0 Å². The molecule has 3 heteroatoms. The lowest BCUT2D eigenvalue weighted by atomic mass is 10.1. The van der Waals surface area contributed by atoms with Crippen LogP contribution in [-0.4, -0.2) is 11.5 Å². The molecule has 2 nitrogen and oxygen atoms in total. The smallest absolute Gasteiger partial charge is 0.106 e. The van der Waals surface area contributed by atoms with Gasteiger partial charge in [-0.15, -0.1) is 0 Å². The fourth-order valence-corrected chi connectivity index (χ4v) is 1.49. The Hall–Kier alpha value is -1.09. The molecule has 1 aromatic carbocycles. The van der Waals surface area contributed by atoms with E-state index < -0.39 is 0 Å². The molecule has 0 radical (unpaired) electrons. The monoisotopic (exact) mass is 222 g/mol. The Morgan fingerprint density at radius 2 is 2.20 bits per heavy atom. The van der Waals surface area contributed by atoms with Crippen LogP contribution in [0.4, 0.5) is 5.69 Å². The molecule has 0 saturated carbocycles. The molecule has 0 aliphatic rings. The lowest BCUT2D eigenvalue weighted by molar-refractivity contribution is 0.759. The number of hydrogen-bond acceptors (Lipinski definition) is 2. The van der Waals surface area contributed by atoms with Crippen molar-refractivity contribution in [3.8, 4) is 0 Å². The zero-order valence-corrected chi connectivity index (χ0v) is 10.2. The summed E-state index contributed by atoms with van der Waals surface area (Å²) in [5.74, 6) is 0. The summed E-state index contributed by atoms with van der Waals surface area (Å²) in [7, 11) is 0. The maximum Gasteiger partial charge on any atom is 0.106 e. The lowest BCUT2D eigenvalue weighted by Crippen LogP contribution is -2.23. The van der Waals surface area contributed by atoms with Crippen molar-refractivity contribution in [2.24, 2.45) is 0 Å². The van der Waals surface area contributed by atoms with Gasteiger partial charge in [-0.3, -0.25) is 0 Å². The average molecular weight is 222 g/mol. The normalized spacial score (nSPS) is 10.0. The largest absolute Gasteiger partial charge is 0.398 e. The minimum Gasteiger partial charge on any atom is -0.398 e. The number of nitrogen functional groups attached to an aromatic ring is 1. The fourth-order valence-electron chi connectivity index (χ4n) is 1.26. The van der Waals surface area contributed by atoms with E-state index >= 15 is 0 Å². The van der Waals surface area contributed by atoms with Gasteiger partial charge in [0, 0.05) is 17.8 Å². The van der Waals surface area contributed by atoms with E-state index in [4.69, 9.17) is 18.0 Å². The molecule has 15 heavy (non-hydrogen) atoms. The van der Waals surface area contributed by atoms with E-state index in [-0.39, 0.29) is 0 Å². The predicted molar refractivity (Wildman–Crippen MR) is 70.2 cm³/mol. The molecule has 1 aromatic rings. The molecule has 0 aromatic heterocycles. The highest BCUT2D eigenvalue weighted by Gasteiger charge is 2.01. The Balaban J connectivity index is 2.62. The first-order chi connectivity index (χ1) is 7.15. The molecule has 0 spiro atoms. The van der Waals surface area contributed by atoms with Gasteiger partial charge in [0.25, 0.3) is 0 Å². The number of thiocarbonyl (C=S) groups is 1. The van der Waals surface area contributed by atoms with Crippen molar-refractivity contribution in [3.63, 3.8) is 0 Å². The van der Waals surface area contributed by atoms with Crippen LogP contribution in [0.1, 0.15) is 30.9 Å². The second-order valence-electron chi connectivity index (χ2n) is 3.68. The number of unbranched alkanes of at least 4 members (excludes halogenated alkanes) is 1. The molecular weight excluding hydrogens is 204 g/mol. The summed E-state index contributed by atoms with van der Waals surface area (Å²) < 4.78 is 0. The second-order valence-corrected chi connectivity index (χ2v) is 4.09. The average Bonchev–Trinajstić information content (AvgIpc) is 2.22. The highest BCUT2D eigenvalue weighted by molar-refractivity contribution is 7.80.